The summed E-state index contributed by atoms with van der Waals surface area (Å²) in [7, 11) is 1.62. The number of hydrogen-bond donors (Lipinski definition) is 1. The van der Waals surface area contributed by atoms with Gasteiger partial charge in [-0.25, -0.2) is 0 Å². The maximum Gasteiger partial charge on any atom is 0.243 e. The average molecular weight is 471 g/mol. The first-order valence-electron chi connectivity index (χ1n) is 12.0. The van der Waals surface area contributed by atoms with E-state index < -0.39 is 6.04 Å². The van der Waals surface area contributed by atoms with Gasteiger partial charge in [0.15, 0.2) is 0 Å². The van der Waals surface area contributed by atoms with Crippen LogP contribution in [0.1, 0.15) is 63.0 Å². The lowest BCUT2D eigenvalue weighted by molar-refractivity contribution is -0.141. The molecule has 6 heteroatoms. The Bertz CT molecular complexity index is 927. The van der Waals surface area contributed by atoms with Crippen LogP contribution >= 0.6 is 11.6 Å². The summed E-state index contributed by atoms with van der Waals surface area (Å²) < 4.78 is 5.35. The van der Waals surface area contributed by atoms with Crippen molar-refractivity contribution in [3.05, 3.63) is 64.7 Å². The minimum absolute atomic E-state index is 0.0524. The monoisotopic (exact) mass is 470 g/mol. The smallest absolute Gasteiger partial charge is 0.243 e. The minimum atomic E-state index is -0.517. The Morgan fingerprint density at radius 3 is 2.58 bits per heavy atom. The molecule has 1 aliphatic rings. The zero-order valence-corrected chi connectivity index (χ0v) is 20.4. The number of rotatable bonds is 10. The maximum atomic E-state index is 13.5. The number of benzene rings is 2. The summed E-state index contributed by atoms with van der Waals surface area (Å²) in [5, 5.41) is 3.88. The van der Waals surface area contributed by atoms with Crippen LogP contribution in [0.2, 0.25) is 5.02 Å². The van der Waals surface area contributed by atoms with Crippen molar-refractivity contribution in [1.29, 1.82) is 0 Å². The van der Waals surface area contributed by atoms with Crippen molar-refractivity contribution in [1.82, 2.24) is 10.2 Å². The van der Waals surface area contributed by atoms with Crippen LogP contribution in [-0.4, -0.2) is 35.9 Å². The Labute approximate surface area is 202 Å². The largest absolute Gasteiger partial charge is 0.497 e. The third-order valence-electron chi connectivity index (χ3n) is 6.39. The average Bonchev–Trinajstić information content (AvgIpc) is 2.84. The highest BCUT2D eigenvalue weighted by Crippen LogP contribution is 2.22. The highest BCUT2D eigenvalue weighted by molar-refractivity contribution is 6.31. The molecule has 0 radical (unpaired) electrons. The molecule has 3 rings (SSSR count). The van der Waals surface area contributed by atoms with Gasteiger partial charge in [-0.1, -0.05) is 68.1 Å². The fraction of sp³-hybridized carbons (Fsp3) is 0.481. The van der Waals surface area contributed by atoms with Gasteiger partial charge in [-0.2, -0.15) is 0 Å². The molecule has 178 valence electrons. The summed E-state index contributed by atoms with van der Waals surface area (Å²) in [6.07, 6.45) is 6.93. The highest BCUT2D eigenvalue weighted by Gasteiger charge is 2.30. The van der Waals surface area contributed by atoms with Gasteiger partial charge in [0.1, 0.15) is 11.8 Å². The van der Waals surface area contributed by atoms with E-state index in [1.807, 2.05) is 55.5 Å². The van der Waals surface area contributed by atoms with Crippen LogP contribution < -0.4 is 10.1 Å². The van der Waals surface area contributed by atoms with Crippen LogP contribution in [0.25, 0.3) is 0 Å². The molecule has 0 unspecified atom stereocenters. The fourth-order valence-corrected chi connectivity index (χ4v) is 4.75. The second kappa shape index (κ2) is 12.6. The number of nitrogens with zero attached hydrogens (tertiary/aromatic N) is 1. The molecule has 0 aliphatic heterocycles. The summed E-state index contributed by atoms with van der Waals surface area (Å²) in [5.41, 5.74) is 1.87. The number of nitrogens with one attached hydrogen (secondary N) is 1. The lowest BCUT2D eigenvalue weighted by atomic mass is 9.95. The predicted octanol–water partition coefficient (Wildman–Crippen LogP) is 5.54. The van der Waals surface area contributed by atoms with Crippen molar-refractivity contribution in [2.75, 3.05) is 7.11 Å². The molecular formula is C27H35ClN2O3. The van der Waals surface area contributed by atoms with E-state index in [9.17, 15) is 9.59 Å². The molecule has 2 amide bonds. The van der Waals surface area contributed by atoms with Gasteiger partial charge in [0, 0.05) is 24.0 Å². The van der Waals surface area contributed by atoms with E-state index in [-0.39, 0.29) is 17.9 Å². The summed E-state index contributed by atoms with van der Waals surface area (Å²) >= 11 is 6.30. The van der Waals surface area contributed by atoms with Crippen molar-refractivity contribution in [3.8, 4) is 5.75 Å². The Kier molecular flexibility index (Phi) is 9.61. The van der Waals surface area contributed by atoms with E-state index in [1.165, 1.54) is 6.42 Å². The molecule has 5 nitrogen and oxygen atoms in total. The molecule has 1 fully saturated rings. The fourth-order valence-electron chi connectivity index (χ4n) is 4.52. The van der Waals surface area contributed by atoms with Crippen LogP contribution in [0.5, 0.6) is 5.75 Å². The van der Waals surface area contributed by atoms with Gasteiger partial charge in [-0.15, -0.1) is 0 Å². The molecule has 33 heavy (non-hydrogen) atoms. The Morgan fingerprint density at radius 1 is 1.12 bits per heavy atom. The van der Waals surface area contributed by atoms with Crippen molar-refractivity contribution < 1.29 is 14.3 Å². The number of methoxy groups -OCH3 is 1. The summed E-state index contributed by atoms with van der Waals surface area (Å²) in [6.45, 7) is 2.32. The third kappa shape index (κ3) is 7.23. The molecule has 0 spiro atoms. The van der Waals surface area contributed by atoms with Gasteiger partial charge in [0.2, 0.25) is 11.8 Å². The van der Waals surface area contributed by atoms with E-state index in [0.29, 0.717) is 30.8 Å². The molecule has 0 aromatic heterocycles. The third-order valence-corrected chi connectivity index (χ3v) is 6.76. The number of aryl methyl sites for hydroxylation is 1. The number of ether oxygens (including phenoxy) is 1. The molecule has 0 bridgehead atoms. The SMILES string of the molecule is CC[C@H](C(=O)NC1CCCCC1)N(Cc1cccc(OC)c1)C(=O)CCc1ccccc1Cl. The summed E-state index contributed by atoms with van der Waals surface area (Å²) in [5.74, 6) is 0.623. The number of hydrogen-bond acceptors (Lipinski definition) is 3. The van der Waals surface area contributed by atoms with Gasteiger partial charge in [0.05, 0.1) is 7.11 Å². The molecule has 2 aromatic carbocycles. The molecule has 2 aromatic rings. The molecule has 1 N–H and O–H groups in total. The van der Waals surface area contributed by atoms with Crippen molar-refractivity contribution in [2.45, 2.75) is 76.9 Å². The van der Waals surface area contributed by atoms with E-state index in [4.69, 9.17) is 16.3 Å². The van der Waals surface area contributed by atoms with Crippen LogP contribution in [0.4, 0.5) is 0 Å². The van der Waals surface area contributed by atoms with Gasteiger partial charge in [-0.3, -0.25) is 9.59 Å². The van der Waals surface area contributed by atoms with E-state index in [2.05, 4.69) is 5.32 Å². The molecule has 0 heterocycles. The van der Waals surface area contributed by atoms with Gasteiger partial charge < -0.3 is 15.0 Å². The van der Waals surface area contributed by atoms with Crippen molar-refractivity contribution in [3.63, 3.8) is 0 Å². The second-order valence-electron chi connectivity index (χ2n) is 8.73. The lowest BCUT2D eigenvalue weighted by Crippen LogP contribution is -2.51. The maximum absolute atomic E-state index is 13.5. The van der Waals surface area contributed by atoms with E-state index >= 15 is 0 Å². The molecule has 1 saturated carbocycles. The predicted molar refractivity (Wildman–Crippen MR) is 132 cm³/mol. The van der Waals surface area contributed by atoms with Crippen molar-refractivity contribution in [2.24, 2.45) is 0 Å². The van der Waals surface area contributed by atoms with Crippen molar-refractivity contribution >= 4 is 23.4 Å². The zero-order chi connectivity index (χ0) is 23.6. The first-order chi connectivity index (χ1) is 16.0. The van der Waals surface area contributed by atoms with Crippen LogP contribution in [0.15, 0.2) is 48.5 Å². The Balaban J connectivity index is 1.78. The first-order valence-corrected chi connectivity index (χ1v) is 12.4. The first kappa shape index (κ1) is 25.1. The minimum Gasteiger partial charge on any atom is -0.497 e. The van der Waals surface area contributed by atoms with Crippen LogP contribution in [-0.2, 0) is 22.6 Å². The highest BCUT2D eigenvalue weighted by atomic mass is 35.5. The number of carbonyl (C=O) groups is 2. The molecule has 1 atom stereocenters. The zero-order valence-electron chi connectivity index (χ0n) is 19.7. The summed E-state index contributed by atoms with van der Waals surface area (Å²) in [6, 6.07) is 14.9. The molecular weight excluding hydrogens is 436 g/mol. The summed E-state index contributed by atoms with van der Waals surface area (Å²) in [4.78, 5) is 28.5. The lowest BCUT2D eigenvalue weighted by Gasteiger charge is -2.33. The second-order valence-corrected chi connectivity index (χ2v) is 9.14. The molecule has 0 saturated heterocycles. The van der Waals surface area contributed by atoms with E-state index in [0.717, 1.165) is 42.6 Å². The van der Waals surface area contributed by atoms with Gasteiger partial charge in [0.25, 0.3) is 0 Å². The van der Waals surface area contributed by atoms with E-state index in [1.54, 1.807) is 12.0 Å². The van der Waals surface area contributed by atoms with Gasteiger partial charge >= 0.3 is 0 Å². The normalized spacial score (nSPS) is 15.0. The quantitative estimate of drug-likeness (QED) is 0.496. The number of carbonyl (C=O) groups excluding carboxylic acids is 2. The Hall–Kier alpha value is -2.53. The van der Waals surface area contributed by atoms with Crippen LogP contribution in [0.3, 0.4) is 0 Å². The number of halogens is 1. The number of amides is 2. The van der Waals surface area contributed by atoms with Crippen LogP contribution in [0, 0.1) is 0 Å². The Morgan fingerprint density at radius 2 is 1.88 bits per heavy atom. The molecule has 1 aliphatic carbocycles. The standard InChI is InChI=1S/C27H35ClN2O3/c1-3-25(27(32)29-22-12-5-4-6-13-22)30(19-20-10-9-14-23(18-20)33-2)26(31)17-16-21-11-7-8-15-24(21)28/h7-11,14-15,18,22,25H,3-6,12-13,16-17,19H2,1-2H3,(H,29,32)/t25-/m1/s1. The van der Waals surface area contributed by atoms with Gasteiger partial charge in [-0.05, 0) is 55.0 Å². The topological polar surface area (TPSA) is 58.6 Å².